The Kier molecular flexibility index (Phi) is 4.24. The first-order valence-electron chi connectivity index (χ1n) is 5.60. The minimum absolute atomic E-state index is 0.0296. The SMILES string of the molecule is COCc1cccc(Oc2cc(F)c(Cl)cc2N)c1. The van der Waals surface area contributed by atoms with Crippen LogP contribution in [0.25, 0.3) is 0 Å². The quantitative estimate of drug-likeness (QED) is 0.862. The van der Waals surface area contributed by atoms with Gasteiger partial charge in [-0.25, -0.2) is 4.39 Å². The maximum atomic E-state index is 13.4. The van der Waals surface area contributed by atoms with E-state index in [4.69, 9.17) is 26.8 Å². The second-order valence-electron chi connectivity index (χ2n) is 3.99. The Bertz CT molecular complexity index is 590. The summed E-state index contributed by atoms with van der Waals surface area (Å²) >= 11 is 5.63. The van der Waals surface area contributed by atoms with Crippen molar-refractivity contribution in [1.82, 2.24) is 0 Å². The topological polar surface area (TPSA) is 44.5 Å². The molecule has 2 rings (SSSR count). The van der Waals surface area contributed by atoms with Crippen molar-refractivity contribution >= 4 is 17.3 Å². The molecule has 0 unspecified atom stereocenters. The van der Waals surface area contributed by atoms with Gasteiger partial charge in [0.2, 0.25) is 0 Å². The predicted octanol–water partition coefficient (Wildman–Crippen LogP) is 4.00. The van der Waals surface area contributed by atoms with Gasteiger partial charge in [0.15, 0.2) is 5.75 Å². The molecule has 100 valence electrons. The second-order valence-corrected chi connectivity index (χ2v) is 4.39. The minimum atomic E-state index is -0.570. The molecule has 19 heavy (non-hydrogen) atoms. The number of nitrogens with two attached hydrogens (primary N) is 1. The fraction of sp³-hybridized carbons (Fsp3) is 0.143. The van der Waals surface area contributed by atoms with E-state index in [1.54, 1.807) is 19.2 Å². The molecule has 0 aliphatic heterocycles. The van der Waals surface area contributed by atoms with Gasteiger partial charge in [-0.3, -0.25) is 0 Å². The van der Waals surface area contributed by atoms with Crippen LogP contribution in [0.15, 0.2) is 36.4 Å². The molecule has 3 nitrogen and oxygen atoms in total. The Morgan fingerprint density at radius 1 is 1.26 bits per heavy atom. The van der Waals surface area contributed by atoms with E-state index in [9.17, 15) is 4.39 Å². The standard InChI is InChI=1S/C14H13ClFNO2/c1-18-8-9-3-2-4-10(5-9)19-14-7-12(16)11(15)6-13(14)17/h2-7H,8,17H2,1H3. The summed E-state index contributed by atoms with van der Waals surface area (Å²) in [5, 5.41) is -0.0296. The molecule has 0 saturated heterocycles. The van der Waals surface area contributed by atoms with E-state index in [-0.39, 0.29) is 16.5 Å². The molecule has 0 atom stereocenters. The van der Waals surface area contributed by atoms with Crippen LogP contribution in [0.4, 0.5) is 10.1 Å². The van der Waals surface area contributed by atoms with Gasteiger partial charge in [0.05, 0.1) is 17.3 Å². The number of anilines is 1. The third-order valence-corrected chi connectivity index (χ3v) is 2.78. The molecule has 5 heteroatoms. The number of nitrogen functional groups attached to an aromatic ring is 1. The summed E-state index contributed by atoms with van der Waals surface area (Å²) in [5.41, 5.74) is 6.97. The molecule has 0 aliphatic rings. The lowest BCUT2D eigenvalue weighted by atomic mass is 10.2. The molecule has 2 aromatic carbocycles. The molecule has 0 spiro atoms. The van der Waals surface area contributed by atoms with Crippen molar-refractivity contribution < 1.29 is 13.9 Å². The van der Waals surface area contributed by atoms with Gasteiger partial charge in [0, 0.05) is 13.2 Å². The van der Waals surface area contributed by atoms with Crippen molar-refractivity contribution in [2.75, 3.05) is 12.8 Å². The highest BCUT2D eigenvalue weighted by molar-refractivity contribution is 6.31. The molecular weight excluding hydrogens is 269 g/mol. The van der Waals surface area contributed by atoms with E-state index in [1.165, 1.54) is 12.1 Å². The Labute approximate surface area is 115 Å². The van der Waals surface area contributed by atoms with Crippen LogP contribution in [0.2, 0.25) is 5.02 Å². The number of hydrogen-bond donors (Lipinski definition) is 1. The van der Waals surface area contributed by atoms with Crippen LogP contribution in [0.1, 0.15) is 5.56 Å². The predicted molar refractivity (Wildman–Crippen MR) is 73.1 cm³/mol. The summed E-state index contributed by atoms with van der Waals surface area (Å²) < 4.78 is 24.0. The third kappa shape index (κ3) is 3.36. The maximum Gasteiger partial charge on any atom is 0.153 e. The van der Waals surface area contributed by atoms with Crippen molar-refractivity contribution in [2.45, 2.75) is 6.61 Å². The molecule has 0 aliphatic carbocycles. The second kappa shape index (κ2) is 5.91. The Balaban J connectivity index is 2.25. The summed E-state index contributed by atoms with van der Waals surface area (Å²) in [6.07, 6.45) is 0. The van der Waals surface area contributed by atoms with Gasteiger partial charge in [-0.05, 0) is 23.8 Å². The molecule has 0 radical (unpaired) electrons. The Morgan fingerprint density at radius 2 is 2.05 bits per heavy atom. The lowest BCUT2D eigenvalue weighted by molar-refractivity contribution is 0.184. The van der Waals surface area contributed by atoms with Gasteiger partial charge in [-0.1, -0.05) is 23.7 Å². The highest BCUT2D eigenvalue weighted by Gasteiger charge is 2.08. The van der Waals surface area contributed by atoms with Gasteiger partial charge in [0.1, 0.15) is 11.6 Å². The number of methoxy groups -OCH3 is 1. The normalized spacial score (nSPS) is 10.5. The van der Waals surface area contributed by atoms with E-state index in [0.717, 1.165) is 5.56 Å². The molecule has 2 aromatic rings. The zero-order valence-electron chi connectivity index (χ0n) is 10.3. The monoisotopic (exact) mass is 281 g/mol. The fourth-order valence-corrected chi connectivity index (χ4v) is 1.80. The summed E-state index contributed by atoms with van der Waals surface area (Å²) in [6, 6.07) is 9.78. The summed E-state index contributed by atoms with van der Waals surface area (Å²) in [4.78, 5) is 0. The largest absolute Gasteiger partial charge is 0.455 e. The van der Waals surface area contributed by atoms with Gasteiger partial charge < -0.3 is 15.2 Å². The lowest BCUT2D eigenvalue weighted by Gasteiger charge is -2.10. The van der Waals surface area contributed by atoms with Crippen LogP contribution < -0.4 is 10.5 Å². The molecule has 0 bridgehead atoms. The minimum Gasteiger partial charge on any atom is -0.455 e. The zero-order chi connectivity index (χ0) is 13.8. The fourth-order valence-electron chi connectivity index (χ4n) is 1.62. The smallest absolute Gasteiger partial charge is 0.153 e. The molecule has 0 aromatic heterocycles. The zero-order valence-corrected chi connectivity index (χ0v) is 11.1. The van der Waals surface area contributed by atoms with Gasteiger partial charge in [0.25, 0.3) is 0 Å². The first-order chi connectivity index (χ1) is 9.10. The van der Waals surface area contributed by atoms with Crippen LogP contribution in [0.3, 0.4) is 0 Å². The first-order valence-corrected chi connectivity index (χ1v) is 5.98. The Hall–Kier alpha value is -1.78. The molecule has 0 heterocycles. The van der Waals surface area contributed by atoms with Crippen LogP contribution in [0, 0.1) is 5.82 Å². The molecule has 0 fully saturated rings. The third-order valence-electron chi connectivity index (χ3n) is 2.49. The van der Waals surface area contributed by atoms with E-state index in [2.05, 4.69) is 0 Å². The lowest BCUT2D eigenvalue weighted by Crippen LogP contribution is -1.95. The Morgan fingerprint density at radius 3 is 2.79 bits per heavy atom. The van der Waals surface area contributed by atoms with E-state index >= 15 is 0 Å². The van der Waals surface area contributed by atoms with Crippen molar-refractivity contribution in [2.24, 2.45) is 0 Å². The summed E-state index contributed by atoms with van der Waals surface area (Å²) in [5.74, 6) is 0.221. The first kappa shape index (κ1) is 13.6. The number of ether oxygens (including phenoxy) is 2. The highest BCUT2D eigenvalue weighted by Crippen LogP contribution is 2.32. The highest BCUT2D eigenvalue weighted by atomic mass is 35.5. The van der Waals surface area contributed by atoms with Gasteiger partial charge >= 0.3 is 0 Å². The van der Waals surface area contributed by atoms with Gasteiger partial charge in [-0.15, -0.1) is 0 Å². The number of hydrogen-bond acceptors (Lipinski definition) is 3. The number of halogens is 2. The van der Waals surface area contributed by atoms with Crippen LogP contribution in [0.5, 0.6) is 11.5 Å². The van der Waals surface area contributed by atoms with Crippen molar-refractivity contribution in [3.05, 3.63) is 52.8 Å². The molecule has 2 N–H and O–H groups in total. The van der Waals surface area contributed by atoms with Crippen molar-refractivity contribution in [3.8, 4) is 11.5 Å². The van der Waals surface area contributed by atoms with Crippen molar-refractivity contribution in [3.63, 3.8) is 0 Å². The van der Waals surface area contributed by atoms with Crippen LogP contribution in [-0.2, 0) is 11.3 Å². The van der Waals surface area contributed by atoms with Gasteiger partial charge in [-0.2, -0.15) is 0 Å². The average Bonchev–Trinajstić information content (AvgIpc) is 2.37. The van der Waals surface area contributed by atoms with Crippen LogP contribution >= 0.6 is 11.6 Å². The number of benzene rings is 2. The molecular formula is C14H13ClFNO2. The van der Waals surface area contributed by atoms with E-state index in [0.29, 0.717) is 12.4 Å². The van der Waals surface area contributed by atoms with E-state index < -0.39 is 5.82 Å². The summed E-state index contributed by atoms with van der Waals surface area (Å²) in [6.45, 7) is 0.474. The summed E-state index contributed by atoms with van der Waals surface area (Å²) in [7, 11) is 1.61. The molecule has 0 amide bonds. The van der Waals surface area contributed by atoms with Crippen molar-refractivity contribution in [1.29, 1.82) is 0 Å². The number of rotatable bonds is 4. The maximum absolute atomic E-state index is 13.4. The molecule has 0 saturated carbocycles. The van der Waals surface area contributed by atoms with Crippen LogP contribution in [-0.4, -0.2) is 7.11 Å². The van der Waals surface area contributed by atoms with E-state index in [1.807, 2.05) is 12.1 Å². The average molecular weight is 282 g/mol.